The molecule has 0 spiro atoms. The number of carbonyl (C=O) groups excluding carboxylic acids is 2. The zero-order valence-electron chi connectivity index (χ0n) is 21.2. The fourth-order valence-electron chi connectivity index (χ4n) is 5.29. The molecule has 0 N–H and O–H groups in total. The fourth-order valence-corrected chi connectivity index (χ4v) is 5.29. The van der Waals surface area contributed by atoms with Gasteiger partial charge in [-0.05, 0) is 49.3 Å². The van der Waals surface area contributed by atoms with Crippen LogP contribution in [0.15, 0.2) is 42.5 Å². The molecule has 0 saturated heterocycles. The zero-order valence-corrected chi connectivity index (χ0v) is 22.6. The van der Waals surface area contributed by atoms with E-state index < -0.39 is 0 Å². The van der Waals surface area contributed by atoms with Crippen molar-refractivity contribution < 1.29 is 32.9 Å². The monoisotopic (exact) mass is 500 g/mol. The van der Waals surface area contributed by atoms with Gasteiger partial charge in [0.2, 0.25) is 0 Å². The number of ether oxygens (including phenoxy) is 1. The van der Waals surface area contributed by atoms with Crippen molar-refractivity contribution in [3.05, 3.63) is 59.3 Å². The third-order valence-corrected chi connectivity index (χ3v) is 6.80. The molecule has 1 fully saturated rings. The largest absolute Gasteiger partial charge is 0.465 e. The topological polar surface area (TPSA) is 48.3 Å². The number of methoxy groups -OCH3 is 1. The molecule has 4 nitrogen and oxygen atoms in total. The first-order valence-corrected chi connectivity index (χ1v) is 12.7. The van der Waals surface area contributed by atoms with Crippen molar-refractivity contribution in [3.8, 4) is 0 Å². The average molecular weight is 501 g/mol. The smallest absolute Gasteiger partial charge is 0.337 e. The van der Waals surface area contributed by atoms with Crippen molar-refractivity contribution in [1.29, 1.82) is 0 Å². The van der Waals surface area contributed by atoms with Gasteiger partial charge in [0.1, 0.15) is 0 Å². The van der Waals surface area contributed by atoms with E-state index in [0.29, 0.717) is 24.4 Å². The number of ketones is 1. The van der Waals surface area contributed by atoms with Crippen LogP contribution >= 0.6 is 0 Å². The van der Waals surface area contributed by atoms with Gasteiger partial charge in [0.05, 0.1) is 19.2 Å². The first kappa shape index (κ1) is 28.2. The maximum Gasteiger partial charge on any atom is 0.337 e. The predicted molar refractivity (Wildman–Crippen MR) is 136 cm³/mol. The molecular weight excluding hydrogens is 461 g/mol. The van der Waals surface area contributed by atoms with Crippen LogP contribution in [0, 0.1) is 0 Å². The van der Waals surface area contributed by atoms with E-state index in [1.54, 1.807) is 0 Å². The predicted octanol–water partition coefficient (Wildman–Crippen LogP) is 7.47. The number of benzene rings is 1. The Morgan fingerprint density at radius 3 is 2.50 bits per heavy atom. The summed E-state index contributed by atoms with van der Waals surface area (Å²) in [4.78, 5) is 25.2. The molecule has 1 aromatic heterocycles. The van der Waals surface area contributed by atoms with E-state index in [9.17, 15) is 9.59 Å². The minimum Gasteiger partial charge on any atom is -0.465 e. The second kappa shape index (κ2) is 13.8. The van der Waals surface area contributed by atoms with Crippen molar-refractivity contribution in [3.63, 3.8) is 0 Å². The van der Waals surface area contributed by atoms with Crippen molar-refractivity contribution in [2.75, 3.05) is 7.11 Å². The molecule has 1 radical (unpaired) electrons. The number of aromatic nitrogens is 1. The second-order valence-corrected chi connectivity index (χ2v) is 8.94. The van der Waals surface area contributed by atoms with Crippen molar-refractivity contribution in [2.45, 2.75) is 90.5 Å². The molecule has 1 aliphatic heterocycles. The molecule has 2 aromatic rings. The van der Waals surface area contributed by atoms with Crippen molar-refractivity contribution in [1.82, 2.24) is 4.57 Å². The van der Waals surface area contributed by atoms with E-state index in [-0.39, 0.29) is 36.2 Å². The number of hydrogen-bond acceptors (Lipinski definition) is 3. The summed E-state index contributed by atoms with van der Waals surface area (Å²) in [6.45, 7) is 6.59. The number of Topliss-reactive ketones (excluding diaryl/α,β-unsaturated/α-hetero) is 1. The number of allylic oxidation sites excluding steroid dienone is 4. The zero-order chi connectivity index (χ0) is 23.8. The quantitative estimate of drug-likeness (QED) is 0.317. The first-order chi connectivity index (χ1) is 16.1. The third-order valence-electron chi connectivity index (χ3n) is 6.80. The Kier molecular flexibility index (Phi) is 11.4. The number of fused-ring (bicyclic) bond motifs is 3. The van der Waals surface area contributed by atoms with Gasteiger partial charge in [-0.25, -0.2) is 4.79 Å². The van der Waals surface area contributed by atoms with Crippen LogP contribution in [-0.2, 0) is 34.6 Å². The van der Waals surface area contributed by atoms with E-state index in [1.165, 1.54) is 55.9 Å². The maximum atomic E-state index is 12.9. The van der Waals surface area contributed by atoms with Crippen LogP contribution in [0.4, 0.5) is 0 Å². The van der Waals surface area contributed by atoms with Gasteiger partial charge in [-0.3, -0.25) is 4.79 Å². The van der Waals surface area contributed by atoms with Gasteiger partial charge in [-0.2, -0.15) is 0 Å². The van der Waals surface area contributed by atoms with Crippen molar-refractivity contribution in [2.24, 2.45) is 0 Å². The van der Waals surface area contributed by atoms with Crippen LogP contribution in [0.5, 0.6) is 0 Å². The molecule has 183 valence electrons. The molecule has 34 heavy (non-hydrogen) atoms. The summed E-state index contributed by atoms with van der Waals surface area (Å²) in [5, 5.41) is 1.19. The Balaban J connectivity index is 0.00000133. The number of hydrogen-bond donors (Lipinski definition) is 0. The molecule has 0 amide bonds. The molecule has 4 rings (SSSR count). The van der Waals surface area contributed by atoms with E-state index in [1.807, 2.05) is 26.0 Å². The van der Waals surface area contributed by atoms with Crippen LogP contribution in [0.2, 0.25) is 0 Å². The van der Waals surface area contributed by atoms with E-state index in [0.717, 1.165) is 18.4 Å². The van der Waals surface area contributed by atoms with Crippen LogP contribution in [0.3, 0.4) is 0 Å². The first-order valence-electron chi connectivity index (χ1n) is 12.7. The van der Waals surface area contributed by atoms with Gasteiger partial charge >= 0.3 is 5.97 Å². The van der Waals surface area contributed by atoms with Gasteiger partial charge in [-0.15, -0.1) is 0 Å². The number of nitrogens with zero attached hydrogens (tertiary/aromatic N) is 1. The summed E-state index contributed by atoms with van der Waals surface area (Å²) >= 11 is 0. The van der Waals surface area contributed by atoms with E-state index in [2.05, 4.69) is 41.9 Å². The Morgan fingerprint density at radius 2 is 1.79 bits per heavy atom. The van der Waals surface area contributed by atoms with Crippen LogP contribution in [0.25, 0.3) is 10.9 Å². The number of carbonyl (C=O) groups is 2. The number of rotatable bonds is 2. The normalized spacial score (nSPS) is 21.1. The van der Waals surface area contributed by atoms with Crippen molar-refractivity contribution >= 4 is 22.7 Å². The summed E-state index contributed by atoms with van der Waals surface area (Å²) in [7, 11) is 1.41. The number of esters is 1. The van der Waals surface area contributed by atoms with E-state index >= 15 is 0 Å². The standard InChI is InChI=1S/C27H33NO3.C2H6.V/c1-19-11-7-4-3-5-10-14-22(29)18-28-24-17-21(27(30)31-2)15-16-23(24)25(26(19)28)20-12-8-6-9-13-20;1-2;/h3,5,7,11,15-17,19-20H,4,6,8-10,12-14,18H2,1-2H3;1-2H3;/b5-3-,11-7-;;. The average Bonchev–Trinajstić information content (AvgIpc) is 3.17. The SMILES string of the molecule is CC.COC(=O)c1ccc2c(C3CCCCC3)c3n(c2c1)CC(=O)CC/C=C\C/C=C\C3C.[V]. The Morgan fingerprint density at radius 1 is 1.06 bits per heavy atom. The van der Waals surface area contributed by atoms with Crippen LogP contribution in [-0.4, -0.2) is 23.4 Å². The van der Waals surface area contributed by atoms with Crippen LogP contribution < -0.4 is 0 Å². The molecular formula is C29H39NO3V. The maximum absolute atomic E-state index is 12.9. The summed E-state index contributed by atoms with van der Waals surface area (Å²) < 4.78 is 7.18. The van der Waals surface area contributed by atoms with Crippen LogP contribution in [0.1, 0.15) is 106 Å². The molecule has 1 unspecified atom stereocenters. The minimum atomic E-state index is -0.339. The minimum absolute atomic E-state index is 0. The van der Waals surface area contributed by atoms with Gasteiger partial charge < -0.3 is 9.30 Å². The van der Waals surface area contributed by atoms with E-state index in [4.69, 9.17) is 4.74 Å². The summed E-state index contributed by atoms with van der Waals surface area (Å²) in [6.07, 6.45) is 17.2. The molecule has 1 atom stereocenters. The molecule has 5 heteroatoms. The molecule has 1 aliphatic carbocycles. The van der Waals surface area contributed by atoms with Gasteiger partial charge in [-0.1, -0.05) is 70.4 Å². The third kappa shape index (κ3) is 6.34. The molecule has 0 bridgehead atoms. The molecule has 2 aliphatic rings. The Bertz CT molecular complexity index is 1030. The molecule has 1 saturated carbocycles. The molecule has 1 aromatic carbocycles. The summed E-state index contributed by atoms with van der Waals surface area (Å²) in [5.74, 6) is 0.606. The summed E-state index contributed by atoms with van der Waals surface area (Å²) in [5.41, 5.74) is 4.16. The van der Waals surface area contributed by atoms with Gasteiger partial charge in [0, 0.05) is 47.5 Å². The Hall–Kier alpha value is -2.04. The van der Waals surface area contributed by atoms with Gasteiger partial charge in [0.25, 0.3) is 0 Å². The second-order valence-electron chi connectivity index (χ2n) is 8.94. The Labute approximate surface area is 216 Å². The molecule has 2 heterocycles. The van der Waals surface area contributed by atoms with Gasteiger partial charge in [0.15, 0.2) is 5.78 Å². The summed E-state index contributed by atoms with van der Waals surface area (Å²) in [6, 6.07) is 5.87. The fraction of sp³-hybridized carbons (Fsp3) is 0.517.